The van der Waals surface area contributed by atoms with Crippen LogP contribution in [0.3, 0.4) is 0 Å². The zero-order valence-electron chi connectivity index (χ0n) is 8.89. The molecule has 0 unspecified atom stereocenters. The van der Waals surface area contributed by atoms with E-state index in [0.29, 0.717) is 13.0 Å². The van der Waals surface area contributed by atoms with Gasteiger partial charge in [0.15, 0.2) is 0 Å². The van der Waals surface area contributed by atoms with E-state index in [-0.39, 0.29) is 12.1 Å². The summed E-state index contributed by atoms with van der Waals surface area (Å²) in [4.78, 5) is 2.11. The van der Waals surface area contributed by atoms with Crippen LogP contribution in [0.5, 0.6) is 0 Å². The minimum atomic E-state index is -0.749. The summed E-state index contributed by atoms with van der Waals surface area (Å²) < 4.78 is 13.2. The average molecular weight is 199 g/mol. The molecule has 1 N–H and O–H groups in total. The SMILES string of the molecule is CC(C)=C1CN2C[C@H](F)C[C@@]2(CO)C1. The summed E-state index contributed by atoms with van der Waals surface area (Å²) in [7, 11) is 0. The van der Waals surface area contributed by atoms with E-state index < -0.39 is 6.17 Å². The number of rotatable bonds is 1. The van der Waals surface area contributed by atoms with Crippen LogP contribution >= 0.6 is 0 Å². The lowest BCUT2D eigenvalue weighted by Gasteiger charge is -2.28. The van der Waals surface area contributed by atoms with Crippen LogP contribution in [0, 0.1) is 0 Å². The number of nitrogens with zero attached hydrogens (tertiary/aromatic N) is 1. The largest absolute Gasteiger partial charge is 0.394 e. The molecule has 2 nitrogen and oxygen atoms in total. The Hall–Kier alpha value is -0.410. The van der Waals surface area contributed by atoms with Crippen LogP contribution < -0.4 is 0 Å². The second kappa shape index (κ2) is 3.31. The lowest BCUT2D eigenvalue weighted by molar-refractivity contribution is 0.0997. The normalized spacial score (nSPS) is 37.7. The van der Waals surface area contributed by atoms with Gasteiger partial charge in [-0.2, -0.15) is 0 Å². The second-order valence-electron chi connectivity index (χ2n) is 4.84. The van der Waals surface area contributed by atoms with E-state index in [1.807, 2.05) is 0 Å². The van der Waals surface area contributed by atoms with E-state index in [1.54, 1.807) is 0 Å². The van der Waals surface area contributed by atoms with Crippen LogP contribution in [0.1, 0.15) is 26.7 Å². The monoisotopic (exact) mass is 199 g/mol. The van der Waals surface area contributed by atoms with Crippen LogP contribution in [-0.4, -0.2) is 41.4 Å². The van der Waals surface area contributed by atoms with E-state index in [9.17, 15) is 9.50 Å². The molecule has 2 fully saturated rings. The van der Waals surface area contributed by atoms with Gasteiger partial charge in [-0.05, 0) is 20.3 Å². The third kappa shape index (κ3) is 1.39. The summed E-state index contributed by atoms with van der Waals surface area (Å²) in [6, 6.07) is 0. The molecule has 2 heterocycles. The maximum Gasteiger partial charge on any atom is 0.115 e. The van der Waals surface area contributed by atoms with E-state index in [4.69, 9.17) is 0 Å². The summed E-state index contributed by atoms with van der Waals surface area (Å²) in [6.45, 7) is 5.62. The fourth-order valence-electron chi connectivity index (χ4n) is 2.69. The molecule has 2 aliphatic heterocycles. The van der Waals surface area contributed by atoms with Crippen LogP contribution in [0.15, 0.2) is 11.1 Å². The molecule has 0 aliphatic carbocycles. The Bertz CT molecular complexity index is 272. The Morgan fingerprint density at radius 3 is 2.86 bits per heavy atom. The third-order valence-electron chi connectivity index (χ3n) is 3.62. The van der Waals surface area contributed by atoms with Crippen molar-refractivity contribution in [2.45, 2.75) is 38.4 Å². The molecule has 80 valence electrons. The number of hydrogen-bond donors (Lipinski definition) is 1. The van der Waals surface area contributed by atoms with Crippen molar-refractivity contribution in [2.24, 2.45) is 0 Å². The first-order valence-corrected chi connectivity index (χ1v) is 5.22. The predicted molar refractivity (Wildman–Crippen MR) is 53.9 cm³/mol. The lowest BCUT2D eigenvalue weighted by Crippen LogP contribution is -2.41. The Morgan fingerprint density at radius 1 is 1.64 bits per heavy atom. The Balaban J connectivity index is 2.23. The number of fused-ring (bicyclic) bond motifs is 1. The molecule has 0 radical (unpaired) electrons. The highest BCUT2D eigenvalue weighted by Gasteiger charge is 2.50. The van der Waals surface area contributed by atoms with Crippen molar-refractivity contribution in [1.82, 2.24) is 4.90 Å². The standard InChI is InChI=1S/C11H18FNO/c1-8(2)9-3-11(7-14)4-10(12)6-13(11)5-9/h10,14H,3-7H2,1-2H3/t10-,11-/m1/s1. The number of aliphatic hydroxyl groups is 1. The van der Waals surface area contributed by atoms with Crippen molar-refractivity contribution in [1.29, 1.82) is 0 Å². The van der Waals surface area contributed by atoms with Crippen LogP contribution in [0.2, 0.25) is 0 Å². The number of alkyl halides is 1. The molecule has 0 aromatic carbocycles. The van der Waals surface area contributed by atoms with Gasteiger partial charge in [-0.3, -0.25) is 4.90 Å². The third-order valence-corrected chi connectivity index (χ3v) is 3.62. The topological polar surface area (TPSA) is 23.5 Å². The van der Waals surface area contributed by atoms with Crippen molar-refractivity contribution >= 4 is 0 Å². The number of hydrogen-bond acceptors (Lipinski definition) is 2. The zero-order chi connectivity index (χ0) is 10.3. The molecule has 0 aromatic heterocycles. The van der Waals surface area contributed by atoms with Crippen molar-refractivity contribution in [3.05, 3.63) is 11.1 Å². The molecular formula is C11H18FNO. The lowest BCUT2D eigenvalue weighted by atomic mass is 9.92. The quantitative estimate of drug-likeness (QED) is 0.647. The first-order valence-electron chi connectivity index (χ1n) is 5.22. The number of allylic oxidation sites excluding steroid dienone is 1. The maximum absolute atomic E-state index is 13.2. The highest BCUT2D eigenvalue weighted by Crippen LogP contribution is 2.42. The van der Waals surface area contributed by atoms with E-state index in [1.165, 1.54) is 11.1 Å². The molecule has 2 saturated heterocycles. The molecule has 0 saturated carbocycles. The number of aliphatic hydroxyl groups excluding tert-OH is 1. The van der Waals surface area contributed by atoms with Crippen LogP contribution in [-0.2, 0) is 0 Å². The summed E-state index contributed by atoms with van der Waals surface area (Å²) in [5, 5.41) is 9.41. The minimum Gasteiger partial charge on any atom is -0.394 e. The van der Waals surface area contributed by atoms with E-state index in [2.05, 4.69) is 18.7 Å². The molecular weight excluding hydrogens is 181 g/mol. The van der Waals surface area contributed by atoms with E-state index >= 15 is 0 Å². The smallest absolute Gasteiger partial charge is 0.115 e. The van der Waals surface area contributed by atoms with E-state index in [0.717, 1.165) is 13.0 Å². The van der Waals surface area contributed by atoms with Gasteiger partial charge in [0.1, 0.15) is 6.17 Å². The highest BCUT2D eigenvalue weighted by molar-refractivity contribution is 5.25. The second-order valence-corrected chi connectivity index (χ2v) is 4.84. The van der Waals surface area contributed by atoms with Gasteiger partial charge in [-0.25, -0.2) is 4.39 Å². The minimum absolute atomic E-state index is 0.0875. The Morgan fingerprint density at radius 2 is 2.36 bits per heavy atom. The van der Waals surface area contributed by atoms with Gasteiger partial charge in [0.2, 0.25) is 0 Å². The Labute approximate surface area is 84.4 Å². The molecule has 0 aromatic rings. The van der Waals surface area contributed by atoms with Gasteiger partial charge in [-0.1, -0.05) is 11.1 Å². The van der Waals surface area contributed by atoms with Crippen molar-refractivity contribution < 1.29 is 9.50 Å². The average Bonchev–Trinajstić information content (AvgIpc) is 2.57. The summed E-state index contributed by atoms with van der Waals surface area (Å²) in [5.41, 5.74) is 2.43. The molecule has 0 spiro atoms. The van der Waals surface area contributed by atoms with Gasteiger partial charge < -0.3 is 5.11 Å². The Kier molecular flexibility index (Phi) is 2.40. The molecule has 2 aliphatic rings. The highest BCUT2D eigenvalue weighted by atomic mass is 19.1. The summed E-state index contributed by atoms with van der Waals surface area (Å²) in [5.74, 6) is 0. The molecule has 2 atom stereocenters. The van der Waals surface area contributed by atoms with Gasteiger partial charge in [0.25, 0.3) is 0 Å². The fourth-order valence-corrected chi connectivity index (χ4v) is 2.69. The predicted octanol–water partition coefficient (Wildman–Crippen LogP) is 1.50. The van der Waals surface area contributed by atoms with Crippen LogP contribution in [0.25, 0.3) is 0 Å². The first kappa shape index (κ1) is 10.1. The van der Waals surface area contributed by atoms with Crippen molar-refractivity contribution in [3.8, 4) is 0 Å². The molecule has 0 amide bonds. The van der Waals surface area contributed by atoms with Gasteiger partial charge in [-0.15, -0.1) is 0 Å². The molecule has 3 heteroatoms. The summed E-state index contributed by atoms with van der Waals surface area (Å²) in [6.07, 6.45) is 0.605. The fraction of sp³-hybridized carbons (Fsp3) is 0.818. The van der Waals surface area contributed by atoms with Crippen LogP contribution in [0.4, 0.5) is 4.39 Å². The van der Waals surface area contributed by atoms with Crippen molar-refractivity contribution in [3.63, 3.8) is 0 Å². The van der Waals surface area contributed by atoms with Gasteiger partial charge in [0, 0.05) is 19.5 Å². The zero-order valence-corrected chi connectivity index (χ0v) is 8.89. The maximum atomic E-state index is 13.2. The van der Waals surface area contributed by atoms with Gasteiger partial charge in [0.05, 0.1) is 12.1 Å². The molecule has 0 bridgehead atoms. The first-order chi connectivity index (χ1) is 6.57. The number of halogens is 1. The molecule has 14 heavy (non-hydrogen) atoms. The summed E-state index contributed by atoms with van der Waals surface area (Å²) >= 11 is 0. The molecule has 2 rings (SSSR count). The van der Waals surface area contributed by atoms with Gasteiger partial charge >= 0.3 is 0 Å². The van der Waals surface area contributed by atoms with Crippen molar-refractivity contribution in [2.75, 3.05) is 19.7 Å².